The fourth-order valence-electron chi connectivity index (χ4n) is 1.66. The molecule has 0 fully saturated rings. The van der Waals surface area contributed by atoms with E-state index in [9.17, 15) is 13.2 Å². The first-order valence-corrected chi connectivity index (χ1v) is 5.73. The van der Waals surface area contributed by atoms with Crippen LogP contribution in [0.15, 0.2) is 42.5 Å². The van der Waals surface area contributed by atoms with Crippen LogP contribution in [-0.4, -0.2) is 0 Å². The molecule has 0 unspecified atom stereocenters. The third-order valence-corrected chi connectivity index (χ3v) is 2.56. The highest BCUT2D eigenvalue weighted by molar-refractivity contribution is 5.47. The van der Waals surface area contributed by atoms with Gasteiger partial charge in [0, 0.05) is 0 Å². The highest BCUT2D eigenvalue weighted by Crippen LogP contribution is 2.33. The minimum atomic E-state index is -4.47. The molecule has 0 amide bonds. The molecule has 3 nitrogen and oxygen atoms in total. The number of nitrogens with zero attached hydrogens (tertiary/aromatic N) is 2. The average molecular weight is 288 g/mol. The highest BCUT2D eigenvalue weighted by atomic mass is 19.4. The molecule has 6 heteroatoms. The normalized spacial score (nSPS) is 10.5. The van der Waals surface area contributed by atoms with Crippen LogP contribution in [-0.2, 0) is 6.18 Å². The van der Waals surface area contributed by atoms with E-state index in [2.05, 4.69) is 0 Å². The largest absolute Gasteiger partial charge is 0.457 e. The first-order chi connectivity index (χ1) is 9.92. The smallest absolute Gasteiger partial charge is 0.416 e. The Bertz CT molecular complexity index is 722. The van der Waals surface area contributed by atoms with Gasteiger partial charge in [-0.2, -0.15) is 23.7 Å². The molecule has 0 saturated heterocycles. The maximum atomic E-state index is 12.6. The average Bonchev–Trinajstić information content (AvgIpc) is 2.46. The minimum absolute atomic E-state index is 0.0243. The van der Waals surface area contributed by atoms with Gasteiger partial charge in [0.1, 0.15) is 11.5 Å². The first kappa shape index (κ1) is 14.4. The topological polar surface area (TPSA) is 56.8 Å². The fraction of sp³-hybridized carbons (Fsp3) is 0.0667. The van der Waals surface area contributed by atoms with Crippen LogP contribution >= 0.6 is 0 Å². The highest BCUT2D eigenvalue weighted by Gasteiger charge is 2.30. The third-order valence-electron chi connectivity index (χ3n) is 2.56. The zero-order valence-electron chi connectivity index (χ0n) is 10.5. The first-order valence-electron chi connectivity index (χ1n) is 5.73. The van der Waals surface area contributed by atoms with Crippen LogP contribution in [0.2, 0.25) is 0 Å². The summed E-state index contributed by atoms with van der Waals surface area (Å²) < 4.78 is 43.1. The van der Waals surface area contributed by atoms with Crippen molar-refractivity contribution < 1.29 is 17.9 Å². The number of rotatable bonds is 2. The maximum absolute atomic E-state index is 12.6. The van der Waals surface area contributed by atoms with E-state index >= 15 is 0 Å². The van der Waals surface area contributed by atoms with Crippen LogP contribution in [0, 0.1) is 22.7 Å². The van der Waals surface area contributed by atoms with E-state index in [-0.39, 0.29) is 22.6 Å². The zero-order valence-corrected chi connectivity index (χ0v) is 10.5. The monoisotopic (exact) mass is 288 g/mol. The molecule has 2 aromatic rings. The molecular weight excluding hydrogens is 281 g/mol. The summed E-state index contributed by atoms with van der Waals surface area (Å²) in [5.41, 5.74) is -0.455. The quantitative estimate of drug-likeness (QED) is 0.830. The van der Waals surface area contributed by atoms with Crippen molar-refractivity contribution >= 4 is 0 Å². The van der Waals surface area contributed by atoms with Crippen LogP contribution in [0.1, 0.15) is 16.7 Å². The summed E-state index contributed by atoms with van der Waals surface area (Å²) in [6.45, 7) is 0. The lowest BCUT2D eigenvalue weighted by atomic mass is 10.1. The van der Waals surface area contributed by atoms with Gasteiger partial charge in [-0.05, 0) is 36.4 Å². The Morgan fingerprint density at radius 3 is 2.00 bits per heavy atom. The summed E-state index contributed by atoms with van der Waals surface area (Å²) in [5, 5.41) is 17.7. The number of benzene rings is 2. The number of hydrogen-bond donors (Lipinski definition) is 0. The Hall–Kier alpha value is -2.99. The van der Waals surface area contributed by atoms with E-state index in [1.807, 2.05) is 12.1 Å². The molecule has 21 heavy (non-hydrogen) atoms. The number of hydrogen-bond acceptors (Lipinski definition) is 3. The van der Waals surface area contributed by atoms with E-state index in [1.54, 1.807) is 0 Å². The molecule has 0 spiro atoms. The molecule has 0 aliphatic carbocycles. The molecule has 0 bridgehead atoms. The van der Waals surface area contributed by atoms with E-state index in [1.165, 1.54) is 30.3 Å². The molecule has 0 N–H and O–H groups in total. The lowest BCUT2D eigenvalue weighted by Gasteiger charge is -2.10. The van der Waals surface area contributed by atoms with Crippen LogP contribution in [0.3, 0.4) is 0 Å². The molecule has 2 rings (SSSR count). The van der Waals surface area contributed by atoms with Gasteiger partial charge in [-0.3, -0.25) is 0 Å². The number of alkyl halides is 3. The van der Waals surface area contributed by atoms with Crippen LogP contribution in [0.4, 0.5) is 13.2 Å². The fourth-order valence-corrected chi connectivity index (χ4v) is 1.66. The summed E-state index contributed by atoms with van der Waals surface area (Å²) in [6.07, 6.45) is -4.47. The van der Waals surface area contributed by atoms with E-state index < -0.39 is 11.7 Å². The van der Waals surface area contributed by atoms with Crippen molar-refractivity contribution in [1.29, 1.82) is 10.5 Å². The zero-order chi connectivity index (χ0) is 15.5. The second-order valence-corrected chi connectivity index (χ2v) is 4.10. The molecular formula is C15H7F3N2O. The maximum Gasteiger partial charge on any atom is 0.416 e. The summed E-state index contributed by atoms with van der Waals surface area (Å²) in [6, 6.07) is 12.1. The third kappa shape index (κ3) is 3.52. The molecule has 0 aromatic heterocycles. The van der Waals surface area contributed by atoms with Crippen molar-refractivity contribution in [3.05, 3.63) is 59.2 Å². The van der Waals surface area contributed by atoms with Gasteiger partial charge in [0.15, 0.2) is 0 Å². The SMILES string of the molecule is N#Cc1cc(C#N)cc(Oc2cccc(C(F)(F)F)c2)c1. The van der Waals surface area contributed by atoms with Gasteiger partial charge in [-0.25, -0.2) is 0 Å². The number of ether oxygens (including phenoxy) is 1. The van der Waals surface area contributed by atoms with Crippen molar-refractivity contribution in [2.24, 2.45) is 0 Å². The number of halogens is 3. The van der Waals surface area contributed by atoms with E-state index in [4.69, 9.17) is 15.3 Å². The van der Waals surface area contributed by atoms with Crippen molar-refractivity contribution in [3.63, 3.8) is 0 Å². The van der Waals surface area contributed by atoms with Crippen LogP contribution in [0.5, 0.6) is 11.5 Å². The van der Waals surface area contributed by atoms with Gasteiger partial charge in [-0.15, -0.1) is 0 Å². The Labute approximate surface area is 118 Å². The molecule has 0 radical (unpaired) electrons. The van der Waals surface area contributed by atoms with Crippen LogP contribution in [0.25, 0.3) is 0 Å². The lowest BCUT2D eigenvalue weighted by Crippen LogP contribution is -2.04. The predicted molar refractivity (Wildman–Crippen MR) is 67.4 cm³/mol. The van der Waals surface area contributed by atoms with Crippen molar-refractivity contribution in [1.82, 2.24) is 0 Å². The number of nitriles is 2. The van der Waals surface area contributed by atoms with E-state index in [0.717, 1.165) is 12.1 Å². The summed E-state index contributed by atoms with van der Waals surface area (Å²) in [5.74, 6) is 0.105. The molecule has 0 aliphatic heterocycles. The molecule has 0 aliphatic rings. The van der Waals surface area contributed by atoms with Gasteiger partial charge in [-0.1, -0.05) is 6.07 Å². The molecule has 0 heterocycles. The van der Waals surface area contributed by atoms with Gasteiger partial charge >= 0.3 is 6.18 Å². The van der Waals surface area contributed by atoms with Crippen molar-refractivity contribution in [3.8, 4) is 23.6 Å². The van der Waals surface area contributed by atoms with Gasteiger partial charge in [0.2, 0.25) is 0 Å². The molecule has 0 atom stereocenters. The second-order valence-electron chi connectivity index (χ2n) is 4.10. The Kier molecular flexibility index (Phi) is 3.82. The summed E-state index contributed by atoms with van der Waals surface area (Å²) in [4.78, 5) is 0. The molecule has 0 saturated carbocycles. The van der Waals surface area contributed by atoms with Gasteiger partial charge in [0.05, 0.1) is 28.8 Å². The second kappa shape index (κ2) is 5.56. The predicted octanol–water partition coefficient (Wildman–Crippen LogP) is 4.24. The van der Waals surface area contributed by atoms with Crippen molar-refractivity contribution in [2.75, 3.05) is 0 Å². The standard InChI is InChI=1S/C15H7F3N2O/c16-15(17,18)12-2-1-3-13(7-12)21-14-5-10(8-19)4-11(6-14)9-20/h1-7H. The van der Waals surface area contributed by atoms with Gasteiger partial charge < -0.3 is 4.74 Å². The Morgan fingerprint density at radius 2 is 1.48 bits per heavy atom. The summed E-state index contributed by atoms with van der Waals surface area (Å²) >= 11 is 0. The minimum Gasteiger partial charge on any atom is -0.457 e. The molecule has 2 aromatic carbocycles. The Balaban J connectivity index is 2.35. The molecule has 104 valence electrons. The van der Waals surface area contributed by atoms with Crippen LogP contribution < -0.4 is 4.74 Å². The van der Waals surface area contributed by atoms with Gasteiger partial charge in [0.25, 0.3) is 0 Å². The van der Waals surface area contributed by atoms with Crippen molar-refractivity contribution in [2.45, 2.75) is 6.18 Å². The lowest BCUT2D eigenvalue weighted by molar-refractivity contribution is -0.137. The van der Waals surface area contributed by atoms with E-state index in [0.29, 0.717) is 0 Å². The summed E-state index contributed by atoms with van der Waals surface area (Å²) in [7, 11) is 0. The Morgan fingerprint density at radius 1 is 0.857 bits per heavy atom.